The highest BCUT2D eigenvalue weighted by molar-refractivity contribution is 5.97. The van der Waals surface area contributed by atoms with E-state index in [1.54, 1.807) is 4.90 Å². The fraction of sp³-hybridized carbons (Fsp3) is 0.333. The van der Waals surface area contributed by atoms with Crippen LogP contribution in [0.25, 0.3) is 0 Å². The van der Waals surface area contributed by atoms with Gasteiger partial charge in [-0.25, -0.2) is 0 Å². The van der Waals surface area contributed by atoms with E-state index in [2.05, 4.69) is 10.6 Å². The summed E-state index contributed by atoms with van der Waals surface area (Å²) in [6.07, 6.45) is 2.92. The molecule has 1 saturated heterocycles. The number of hydrogen-bond acceptors (Lipinski definition) is 3. The van der Waals surface area contributed by atoms with E-state index in [0.29, 0.717) is 13.0 Å². The lowest BCUT2D eigenvalue weighted by Gasteiger charge is -2.24. The first kappa shape index (κ1) is 18.0. The molecule has 5 nitrogen and oxygen atoms in total. The van der Waals surface area contributed by atoms with E-state index in [-0.39, 0.29) is 17.9 Å². The molecule has 1 fully saturated rings. The number of carbonyl (C=O) groups is 2. The van der Waals surface area contributed by atoms with Gasteiger partial charge in [0.2, 0.25) is 11.8 Å². The van der Waals surface area contributed by atoms with Crippen LogP contribution >= 0.6 is 0 Å². The van der Waals surface area contributed by atoms with Crippen LogP contribution < -0.4 is 10.6 Å². The number of nitrogens with one attached hydrogen (secondary N) is 2. The molecule has 5 heteroatoms. The summed E-state index contributed by atoms with van der Waals surface area (Å²) < 4.78 is 0. The summed E-state index contributed by atoms with van der Waals surface area (Å²) in [5, 5.41) is 6.25. The lowest BCUT2D eigenvalue weighted by Crippen LogP contribution is -2.43. The largest absolute Gasteiger partial charge is 0.356 e. The van der Waals surface area contributed by atoms with Gasteiger partial charge in [-0.3, -0.25) is 9.59 Å². The molecular formula is C21H25N3O2. The van der Waals surface area contributed by atoms with E-state index in [1.807, 2.05) is 61.5 Å². The SMILES string of the molecule is CCCC(=O)N1CCCC1C(=O)Nc1ccc(Nc2ccccc2)cc1. The summed E-state index contributed by atoms with van der Waals surface area (Å²) >= 11 is 0. The van der Waals surface area contributed by atoms with Crippen molar-refractivity contribution in [3.63, 3.8) is 0 Å². The molecule has 1 atom stereocenters. The standard InChI is InChI=1S/C21H25N3O2/c1-2-7-20(25)24-15-6-10-19(24)21(26)23-18-13-11-17(12-14-18)22-16-8-4-3-5-9-16/h3-5,8-9,11-14,19,22H,2,6-7,10,15H2,1H3,(H,23,26). The summed E-state index contributed by atoms with van der Waals surface area (Å²) in [5.41, 5.74) is 2.71. The summed E-state index contributed by atoms with van der Waals surface area (Å²) in [5.74, 6) is -0.0247. The average Bonchev–Trinajstić information content (AvgIpc) is 3.14. The predicted octanol–water partition coefficient (Wildman–Crippen LogP) is 4.16. The minimum Gasteiger partial charge on any atom is -0.356 e. The van der Waals surface area contributed by atoms with Gasteiger partial charge in [-0.05, 0) is 55.7 Å². The predicted molar refractivity (Wildman–Crippen MR) is 104 cm³/mol. The van der Waals surface area contributed by atoms with Crippen LogP contribution in [0.15, 0.2) is 54.6 Å². The van der Waals surface area contributed by atoms with Gasteiger partial charge in [0.1, 0.15) is 6.04 Å². The molecule has 136 valence electrons. The third-order valence-corrected chi connectivity index (χ3v) is 4.55. The van der Waals surface area contributed by atoms with Crippen LogP contribution in [-0.2, 0) is 9.59 Å². The molecule has 0 spiro atoms. The molecule has 3 rings (SSSR count). The first-order valence-corrected chi connectivity index (χ1v) is 9.20. The second kappa shape index (κ2) is 8.52. The average molecular weight is 351 g/mol. The van der Waals surface area contributed by atoms with E-state index in [0.717, 1.165) is 36.3 Å². The Labute approximate surface area is 154 Å². The highest BCUT2D eigenvalue weighted by Gasteiger charge is 2.33. The molecule has 1 aliphatic rings. The number of benzene rings is 2. The summed E-state index contributed by atoms with van der Waals surface area (Å²) in [4.78, 5) is 26.5. The first-order chi connectivity index (χ1) is 12.7. The third-order valence-electron chi connectivity index (χ3n) is 4.55. The van der Waals surface area contributed by atoms with E-state index >= 15 is 0 Å². The fourth-order valence-electron chi connectivity index (χ4n) is 3.25. The van der Waals surface area contributed by atoms with Gasteiger partial charge in [0.05, 0.1) is 0 Å². The third kappa shape index (κ3) is 4.42. The Balaban J connectivity index is 1.60. The Bertz CT molecular complexity index is 744. The molecule has 2 aromatic carbocycles. The number of rotatable bonds is 6. The van der Waals surface area contributed by atoms with Gasteiger partial charge < -0.3 is 15.5 Å². The maximum Gasteiger partial charge on any atom is 0.247 e. The number of amides is 2. The zero-order valence-electron chi connectivity index (χ0n) is 15.1. The molecule has 26 heavy (non-hydrogen) atoms. The molecule has 0 aromatic heterocycles. The zero-order valence-corrected chi connectivity index (χ0v) is 15.1. The summed E-state index contributed by atoms with van der Waals surface area (Å²) in [6, 6.07) is 17.2. The number of para-hydroxylation sites is 1. The Morgan fingerprint density at radius 2 is 1.65 bits per heavy atom. The van der Waals surface area contributed by atoms with Crippen LogP contribution in [0.4, 0.5) is 17.1 Å². The molecule has 0 saturated carbocycles. The van der Waals surface area contributed by atoms with Gasteiger partial charge in [0.15, 0.2) is 0 Å². The Hall–Kier alpha value is -2.82. The number of carbonyl (C=O) groups excluding carboxylic acids is 2. The van der Waals surface area contributed by atoms with Crippen molar-refractivity contribution in [1.82, 2.24) is 4.90 Å². The van der Waals surface area contributed by atoms with Gasteiger partial charge in [-0.1, -0.05) is 25.1 Å². The number of hydrogen-bond donors (Lipinski definition) is 2. The van der Waals surface area contributed by atoms with Crippen molar-refractivity contribution in [1.29, 1.82) is 0 Å². The monoisotopic (exact) mass is 351 g/mol. The van der Waals surface area contributed by atoms with Crippen molar-refractivity contribution in [3.05, 3.63) is 54.6 Å². The summed E-state index contributed by atoms with van der Waals surface area (Å²) in [6.45, 7) is 2.66. The van der Waals surface area contributed by atoms with Crippen molar-refractivity contribution in [2.24, 2.45) is 0 Å². The van der Waals surface area contributed by atoms with Crippen LogP contribution in [0.1, 0.15) is 32.6 Å². The van der Waals surface area contributed by atoms with Gasteiger partial charge in [0.25, 0.3) is 0 Å². The molecule has 0 radical (unpaired) electrons. The van der Waals surface area contributed by atoms with Crippen molar-refractivity contribution in [3.8, 4) is 0 Å². The van der Waals surface area contributed by atoms with Gasteiger partial charge >= 0.3 is 0 Å². The molecule has 2 aromatic rings. The molecule has 1 heterocycles. The molecule has 2 N–H and O–H groups in total. The van der Waals surface area contributed by atoms with Crippen molar-refractivity contribution >= 4 is 28.9 Å². The van der Waals surface area contributed by atoms with Crippen LogP contribution in [-0.4, -0.2) is 29.3 Å². The van der Waals surface area contributed by atoms with Gasteiger partial charge in [-0.15, -0.1) is 0 Å². The topological polar surface area (TPSA) is 61.4 Å². The van der Waals surface area contributed by atoms with Gasteiger partial charge in [-0.2, -0.15) is 0 Å². The zero-order chi connectivity index (χ0) is 18.4. The lowest BCUT2D eigenvalue weighted by molar-refractivity contribution is -0.136. The van der Waals surface area contributed by atoms with E-state index in [4.69, 9.17) is 0 Å². The van der Waals surface area contributed by atoms with Crippen molar-refractivity contribution in [2.45, 2.75) is 38.6 Å². The van der Waals surface area contributed by atoms with E-state index in [1.165, 1.54) is 0 Å². The Morgan fingerprint density at radius 3 is 2.35 bits per heavy atom. The Kier molecular flexibility index (Phi) is 5.89. The minimum atomic E-state index is -0.351. The van der Waals surface area contributed by atoms with E-state index < -0.39 is 0 Å². The highest BCUT2D eigenvalue weighted by Crippen LogP contribution is 2.22. The normalized spacial score (nSPS) is 16.3. The fourth-order valence-corrected chi connectivity index (χ4v) is 3.25. The second-order valence-electron chi connectivity index (χ2n) is 6.55. The van der Waals surface area contributed by atoms with Crippen LogP contribution in [0.2, 0.25) is 0 Å². The Morgan fingerprint density at radius 1 is 1.00 bits per heavy atom. The second-order valence-corrected chi connectivity index (χ2v) is 6.55. The maximum atomic E-state index is 12.6. The highest BCUT2D eigenvalue weighted by atomic mass is 16.2. The maximum absolute atomic E-state index is 12.6. The van der Waals surface area contributed by atoms with Crippen LogP contribution in [0.3, 0.4) is 0 Å². The van der Waals surface area contributed by atoms with Crippen LogP contribution in [0, 0.1) is 0 Å². The number of likely N-dealkylation sites (tertiary alicyclic amines) is 1. The number of nitrogens with zero attached hydrogens (tertiary/aromatic N) is 1. The van der Waals surface area contributed by atoms with Gasteiger partial charge in [0, 0.05) is 30.0 Å². The minimum absolute atomic E-state index is 0.0764. The lowest BCUT2D eigenvalue weighted by atomic mass is 10.2. The molecule has 2 amide bonds. The molecular weight excluding hydrogens is 326 g/mol. The number of anilines is 3. The quantitative estimate of drug-likeness (QED) is 0.821. The van der Waals surface area contributed by atoms with Crippen molar-refractivity contribution in [2.75, 3.05) is 17.2 Å². The summed E-state index contributed by atoms with van der Waals surface area (Å²) in [7, 11) is 0. The first-order valence-electron chi connectivity index (χ1n) is 9.20. The molecule has 0 bridgehead atoms. The van der Waals surface area contributed by atoms with E-state index in [9.17, 15) is 9.59 Å². The molecule has 1 unspecified atom stereocenters. The molecule has 0 aliphatic carbocycles. The molecule has 1 aliphatic heterocycles. The smallest absolute Gasteiger partial charge is 0.247 e. The van der Waals surface area contributed by atoms with Crippen molar-refractivity contribution < 1.29 is 9.59 Å². The van der Waals surface area contributed by atoms with Crippen LogP contribution in [0.5, 0.6) is 0 Å².